The molecular weight excluding hydrogens is 573 g/mol. The minimum absolute atomic E-state index is 0.0224. The van der Waals surface area contributed by atoms with Gasteiger partial charge in [-0.3, -0.25) is 24.3 Å². The Bertz CT molecular complexity index is 1510. The third-order valence-corrected chi connectivity index (χ3v) is 9.42. The number of carbonyl (C=O) groups is 3. The first kappa shape index (κ1) is 32.3. The first-order valence-corrected chi connectivity index (χ1v) is 15.6. The predicted octanol–water partition coefficient (Wildman–Crippen LogP) is 6.09. The summed E-state index contributed by atoms with van der Waals surface area (Å²) >= 11 is 0. The van der Waals surface area contributed by atoms with Crippen molar-refractivity contribution in [3.63, 3.8) is 0 Å². The Morgan fingerprint density at radius 3 is 2.24 bits per heavy atom. The topological polar surface area (TPSA) is 89.0 Å². The number of amides is 1. The van der Waals surface area contributed by atoms with Gasteiger partial charge in [0.2, 0.25) is 0 Å². The van der Waals surface area contributed by atoms with Crippen molar-refractivity contribution in [1.29, 1.82) is 0 Å². The van der Waals surface area contributed by atoms with E-state index in [0.717, 1.165) is 25.1 Å². The van der Waals surface area contributed by atoms with Gasteiger partial charge in [0.1, 0.15) is 11.4 Å². The Kier molecular flexibility index (Phi) is 9.97. The molecule has 0 bridgehead atoms. The summed E-state index contributed by atoms with van der Waals surface area (Å²) in [5.74, 6) is 0.586. The maximum absolute atomic E-state index is 13.8. The lowest BCUT2D eigenvalue weighted by atomic mass is 9.71. The van der Waals surface area contributed by atoms with Gasteiger partial charge in [-0.15, -0.1) is 0 Å². The summed E-state index contributed by atoms with van der Waals surface area (Å²) in [5, 5.41) is 0. The van der Waals surface area contributed by atoms with Crippen LogP contribution >= 0.6 is 0 Å². The molecule has 3 aromatic rings. The Morgan fingerprint density at radius 1 is 0.911 bits per heavy atom. The van der Waals surface area contributed by atoms with Gasteiger partial charge in [0.15, 0.2) is 23.1 Å². The van der Waals surface area contributed by atoms with E-state index in [1.54, 1.807) is 60.5 Å². The molecule has 0 spiro atoms. The van der Waals surface area contributed by atoms with Gasteiger partial charge in [-0.05, 0) is 91.2 Å². The number of halogens is 1. The fourth-order valence-electron chi connectivity index (χ4n) is 6.61. The molecule has 3 heterocycles. The fourth-order valence-corrected chi connectivity index (χ4v) is 6.61. The number of hydrogen-bond acceptors (Lipinski definition) is 7. The van der Waals surface area contributed by atoms with Crippen LogP contribution in [0.1, 0.15) is 76.3 Å². The number of methoxy groups -OCH3 is 2. The smallest absolute Gasteiger partial charge is 0.272 e. The van der Waals surface area contributed by atoms with Crippen molar-refractivity contribution in [2.24, 2.45) is 17.3 Å². The average Bonchev–Trinajstić information content (AvgIpc) is 3.06. The molecule has 2 saturated heterocycles. The second-order valence-corrected chi connectivity index (χ2v) is 12.9. The number of hydrogen-bond donors (Lipinski definition) is 0. The van der Waals surface area contributed by atoms with Crippen molar-refractivity contribution in [2.45, 2.75) is 46.1 Å². The number of Topliss-reactive ketones (excluding diaryl/α,β-unsaturated/α-hetero) is 2. The van der Waals surface area contributed by atoms with Gasteiger partial charge in [-0.25, -0.2) is 4.39 Å². The molecule has 2 fully saturated rings. The average molecular weight is 616 g/mol. The molecule has 238 valence electrons. The molecule has 45 heavy (non-hydrogen) atoms. The normalized spacial score (nSPS) is 18.8. The van der Waals surface area contributed by atoms with Gasteiger partial charge in [0.05, 0.1) is 14.2 Å². The molecule has 2 aliphatic rings. The van der Waals surface area contributed by atoms with E-state index in [2.05, 4.69) is 23.7 Å². The highest BCUT2D eigenvalue weighted by atomic mass is 19.1. The number of rotatable bonds is 10. The lowest BCUT2D eigenvalue weighted by molar-refractivity contribution is 0.0430. The van der Waals surface area contributed by atoms with E-state index in [1.807, 2.05) is 0 Å². The summed E-state index contributed by atoms with van der Waals surface area (Å²) in [4.78, 5) is 47.8. The van der Waals surface area contributed by atoms with Crippen LogP contribution in [0.15, 0.2) is 60.8 Å². The van der Waals surface area contributed by atoms with Crippen LogP contribution in [0.3, 0.4) is 0 Å². The molecule has 0 N–H and O–H groups in total. The van der Waals surface area contributed by atoms with E-state index in [1.165, 1.54) is 19.4 Å². The Hall–Kier alpha value is -4.11. The van der Waals surface area contributed by atoms with Gasteiger partial charge in [-0.1, -0.05) is 19.9 Å². The largest absolute Gasteiger partial charge is 0.497 e. The minimum atomic E-state index is -0.371. The van der Waals surface area contributed by atoms with Crippen LogP contribution in [-0.2, 0) is 6.54 Å². The summed E-state index contributed by atoms with van der Waals surface area (Å²) in [6.07, 6.45) is 3.99. The van der Waals surface area contributed by atoms with Crippen molar-refractivity contribution in [3.05, 3.63) is 89.0 Å². The number of piperidine rings is 2. The van der Waals surface area contributed by atoms with E-state index < -0.39 is 0 Å². The molecule has 0 radical (unpaired) electrons. The second kappa shape index (κ2) is 13.9. The molecule has 8 nitrogen and oxygen atoms in total. The van der Waals surface area contributed by atoms with Crippen LogP contribution < -0.4 is 9.47 Å². The minimum Gasteiger partial charge on any atom is -0.497 e. The van der Waals surface area contributed by atoms with Crippen LogP contribution in [0.5, 0.6) is 11.5 Å². The van der Waals surface area contributed by atoms with Crippen molar-refractivity contribution < 1.29 is 28.2 Å². The van der Waals surface area contributed by atoms with E-state index >= 15 is 0 Å². The molecule has 1 amide bonds. The molecule has 1 aromatic heterocycles. The Balaban J connectivity index is 1.11. The predicted molar refractivity (Wildman–Crippen MR) is 169 cm³/mol. The number of nitrogens with zero attached hydrogens (tertiary/aromatic N) is 3. The van der Waals surface area contributed by atoms with E-state index in [4.69, 9.17) is 9.47 Å². The number of carbonyl (C=O) groups excluding carboxylic acids is 3. The van der Waals surface area contributed by atoms with E-state index in [9.17, 15) is 18.8 Å². The summed E-state index contributed by atoms with van der Waals surface area (Å²) in [6.45, 7) is 7.70. The molecule has 1 unspecified atom stereocenters. The number of likely N-dealkylation sites (tertiary alicyclic amines) is 2. The zero-order valence-corrected chi connectivity index (χ0v) is 26.6. The monoisotopic (exact) mass is 615 g/mol. The fraction of sp³-hybridized carbons (Fsp3) is 0.444. The van der Waals surface area contributed by atoms with Crippen molar-refractivity contribution in [3.8, 4) is 11.5 Å². The van der Waals surface area contributed by atoms with Crippen LogP contribution in [0, 0.1) is 23.1 Å². The maximum atomic E-state index is 13.8. The van der Waals surface area contributed by atoms with Crippen LogP contribution in [-0.4, -0.2) is 72.7 Å². The lowest BCUT2D eigenvalue weighted by Gasteiger charge is -2.44. The van der Waals surface area contributed by atoms with Crippen LogP contribution in [0.4, 0.5) is 4.39 Å². The summed E-state index contributed by atoms with van der Waals surface area (Å²) in [5.41, 5.74) is 2.36. The number of pyridine rings is 1. The highest BCUT2D eigenvalue weighted by molar-refractivity contribution is 5.99. The summed E-state index contributed by atoms with van der Waals surface area (Å²) in [7, 11) is 3.06. The highest BCUT2D eigenvalue weighted by Gasteiger charge is 2.37. The van der Waals surface area contributed by atoms with E-state index in [-0.39, 0.29) is 46.3 Å². The van der Waals surface area contributed by atoms with Gasteiger partial charge >= 0.3 is 0 Å². The van der Waals surface area contributed by atoms with Gasteiger partial charge in [0, 0.05) is 55.8 Å². The molecule has 2 aromatic carbocycles. The van der Waals surface area contributed by atoms with Crippen molar-refractivity contribution >= 4 is 17.5 Å². The van der Waals surface area contributed by atoms with Crippen LogP contribution in [0.25, 0.3) is 0 Å². The summed E-state index contributed by atoms with van der Waals surface area (Å²) < 4.78 is 24.1. The standard InChI is InChI=1S/C36H42FN3O5/c1-36(2)23-39(22-24-5-11-30(37)33(19-24)45-4)16-15-28(36)20-32(41)27-8-12-31(38-21-27)35(43)40-17-13-26(14-18-40)34(42)25-6-9-29(44-3)10-7-25/h5-12,19,21,26,28H,13-18,20,22-23H2,1-4H3. The van der Waals surface area contributed by atoms with Gasteiger partial charge in [-0.2, -0.15) is 0 Å². The van der Waals surface area contributed by atoms with E-state index in [0.29, 0.717) is 61.5 Å². The molecule has 0 saturated carbocycles. The first-order valence-electron chi connectivity index (χ1n) is 15.6. The zero-order valence-electron chi connectivity index (χ0n) is 26.6. The van der Waals surface area contributed by atoms with Crippen molar-refractivity contribution in [1.82, 2.24) is 14.8 Å². The van der Waals surface area contributed by atoms with Crippen LogP contribution in [0.2, 0.25) is 0 Å². The third kappa shape index (κ3) is 7.59. The number of benzene rings is 2. The SMILES string of the molecule is COc1ccc(C(=O)C2CCN(C(=O)c3ccc(C(=O)CC4CCN(Cc5ccc(F)c(OC)c5)CC4(C)C)cn3)CC2)cc1. The molecule has 0 aliphatic carbocycles. The quantitative estimate of drug-likeness (QED) is 0.255. The number of aromatic nitrogens is 1. The molecule has 5 rings (SSSR count). The maximum Gasteiger partial charge on any atom is 0.272 e. The molecule has 2 aliphatic heterocycles. The Labute approximate surface area is 264 Å². The lowest BCUT2D eigenvalue weighted by Crippen LogP contribution is -2.45. The number of ether oxygens (including phenoxy) is 2. The van der Waals surface area contributed by atoms with Crippen molar-refractivity contribution in [2.75, 3.05) is 40.4 Å². The second-order valence-electron chi connectivity index (χ2n) is 12.9. The third-order valence-electron chi connectivity index (χ3n) is 9.42. The highest BCUT2D eigenvalue weighted by Crippen LogP contribution is 2.38. The molecule has 9 heteroatoms. The zero-order chi connectivity index (χ0) is 32.1. The van der Waals surface area contributed by atoms with Gasteiger partial charge < -0.3 is 14.4 Å². The number of ketones is 2. The molecular formula is C36H42FN3O5. The Morgan fingerprint density at radius 2 is 1.62 bits per heavy atom. The molecule has 1 atom stereocenters. The first-order chi connectivity index (χ1) is 21.6. The van der Waals surface area contributed by atoms with Gasteiger partial charge in [0.25, 0.3) is 5.91 Å². The summed E-state index contributed by atoms with van der Waals surface area (Å²) in [6, 6.07) is 15.4.